The minimum Gasteiger partial charge on any atom is -0.394 e. The predicted octanol–water partition coefficient (Wildman–Crippen LogP) is 4.71. The van der Waals surface area contributed by atoms with Gasteiger partial charge in [0.1, 0.15) is 5.69 Å². The maximum absolute atomic E-state index is 13.6. The summed E-state index contributed by atoms with van der Waals surface area (Å²) in [5.74, 6) is -18.5. The number of hydrogen-bond acceptors (Lipinski definition) is 5. The summed E-state index contributed by atoms with van der Waals surface area (Å²) in [4.78, 5) is 8.60. The van der Waals surface area contributed by atoms with Crippen LogP contribution in [0.5, 0.6) is 0 Å². The Morgan fingerprint density at radius 3 is 1.27 bits per heavy atom. The molecule has 6 nitrogen and oxygen atoms in total. The number of nitrogens with two attached hydrogens (primary N) is 1. The van der Waals surface area contributed by atoms with Crippen LogP contribution < -0.4 is 5.73 Å². The van der Waals surface area contributed by atoms with Gasteiger partial charge < -0.3 is 5.73 Å². The molecule has 0 bridgehead atoms. The molecule has 0 aromatic heterocycles. The van der Waals surface area contributed by atoms with Crippen molar-refractivity contribution in [3.8, 4) is 0 Å². The molecule has 0 unspecified atom stereocenters. The van der Waals surface area contributed by atoms with E-state index in [2.05, 4.69) is 10.2 Å². The Morgan fingerprint density at radius 2 is 0.962 bits per heavy atom. The number of nitro groups is 1. The number of benzene rings is 2. The highest BCUT2D eigenvalue weighted by molar-refractivity contribution is 5.54. The standard InChI is InChI=1S/C12H2F8N4O2/c13-1-3(15)10(4(16)2(14)9(1)21)22-23-11-5(17)7(19)12(24(25)26)8(20)6(11)18/h21H2. The SMILES string of the molecule is Nc1c(F)c(F)c(N=Nc2c(F)c(F)c([N+](=O)[O-])c(F)c2F)c(F)c1F. The second-order valence-corrected chi connectivity index (χ2v) is 4.43. The number of nitrogen functional groups attached to an aromatic ring is 1. The third-order valence-electron chi connectivity index (χ3n) is 2.92. The molecule has 0 fully saturated rings. The van der Waals surface area contributed by atoms with Gasteiger partial charge in [0.15, 0.2) is 46.3 Å². The van der Waals surface area contributed by atoms with Crippen LogP contribution >= 0.6 is 0 Å². The van der Waals surface area contributed by atoms with E-state index in [1.54, 1.807) is 0 Å². The molecule has 0 aliphatic heterocycles. The normalized spacial score (nSPS) is 11.4. The van der Waals surface area contributed by atoms with E-state index >= 15 is 0 Å². The topological polar surface area (TPSA) is 93.9 Å². The van der Waals surface area contributed by atoms with Gasteiger partial charge in [-0.25, -0.2) is 26.3 Å². The first kappa shape index (κ1) is 19.0. The van der Waals surface area contributed by atoms with Crippen molar-refractivity contribution in [3.05, 3.63) is 56.7 Å². The van der Waals surface area contributed by atoms with Crippen molar-refractivity contribution in [2.24, 2.45) is 10.2 Å². The Bertz CT molecular complexity index is 921. The average molecular weight is 386 g/mol. The zero-order valence-corrected chi connectivity index (χ0v) is 11.8. The second kappa shape index (κ2) is 6.53. The van der Waals surface area contributed by atoms with E-state index in [1.807, 2.05) is 0 Å². The van der Waals surface area contributed by atoms with E-state index in [0.29, 0.717) is 0 Å². The molecule has 0 saturated carbocycles. The number of halogens is 8. The maximum Gasteiger partial charge on any atom is 0.346 e. The quantitative estimate of drug-likeness (QED) is 0.207. The molecular formula is C12H2F8N4O2. The number of nitrogens with zero attached hydrogens (tertiary/aromatic N) is 3. The molecule has 14 heteroatoms. The van der Waals surface area contributed by atoms with Gasteiger partial charge in [-0.05, 0) is 0 Å². The van der Waals surface area contributed by atoms with Gasteiger partial charge >= 0.3 is 5.69 Å². The third kappa shape index (κ3) is 2.78. The van der Waals surface area contributed by atoms with Gasteiger partial charge in [-0.1, -0.05) is 0 Å². The Hall–Kier alpha value is -3.32. The highest BCUT2D eigenvalue weighted by Crippen LogP contribution is 2.37. The monoisotopic (exact) mass is 386 g/mol. The number of hydrogen-bond donors (Lipinski definition) is 1. The van der Waals surface area contributed by atoms with Gasteiger partial charge in [0, 0.05) is 0 Å². The largest absolute Gasteiger partial charge is 0.394 e. The van der Waals surface area contributed by atoms with E-state index in [-0.39, 0.29) is 0 Å². The van der Waals surface area contributed by atoms with E-state index in [0.717, 1.165) is 0 Å². The van der Waals surface area contributed by atoms with Gasteiger partial charge in [-0.2, -0.15) is 8.78 Å². The summed E-state index contributed by atoms with van der Waals surface area (Å²) in [6.07, 6.45) is 0. The smallest absolute Gasteiger partial charge is 0.346 e. The van der Waals surface area contributed by atoms with Crippen LogP contribution in [0.15, 0.2) is 10.2 Å². The van der Waals surface area contributed by atoms with Crippen molar-refractivity contribution in [1.82, 2.24) is 0 Å². The lowest BCUT2D eigenvalue weighted by Crippen LogP contribution is -2.04. The fourth-order valence-electron chi connectivity index (χ4n) is 1.68. The van der Waals surface area contributed by atoms with Crippen LogP contribution in [0.25, 0.3) is 0 Å². The van der Waals surface area contributed by atoms with Gasteiger partial charge in [0.2, 0.25) is 11.6 Å². The fourth-order valence-corrected chi connectivity index (χ4v) is 1.68. The number of azo groups is 1. The molecular weight excluding hydrogens is 384 g/mol. The summed E-state index contributed by atoms with van der Waals surface area (Å²) in [7, 11) is 0. The molecule has 0 heterocycles. The second-order valence-electron chi connectivity index (χ2n) is 4.43. The third-order valence-corrected chi connectivity index (χ3v) is 2.92. The van der Waals surface area contributed by atoms with Crippen molar-refractivity contribution in [3.63, 3.8) is 0 Å². The zero-order valence-electron chi connectivity index (χ0n) is 11.8. The van der Waals surface area contributed by atoms with Crippen LogP contribution in [0.3, 0.4) is 0 Å². The number of anilines is 1. The lowest BCUT2D eigenvalue weighted by Gasteiger charge is -2.05. The van der Waals surface area contributed by atoms with Crippen LogP contribution in [-0.4, -0.2) is 4.92 Å². The van der Waals surface area contributed by atoms with Crippen LogP contribution in [-0.2, 0) is 0 Å². The predicted molar refractivity (Wildman–Crippen MR) is 67.8 cm³/mol. The molecule has 0 atom stereocenters. The first-order valence-corrected chi connectivity index (χ1v) is 6.04. The van der Waals surface area contributed by atoms with Crippen LogP contribution in [0.4, 0.5) is 57.9 Å². The summed E-state index contributed by atoms with van der Waals surface area (Å²) in [6.45, 7) is 0. The Labute approximate surface area is 136 Å². The van der Waals surface area contributed by atoms with E-state index in [4.69, 9.17) is 5.73 Å². The summed E-state index contributed by atoms with van der Waals surface area (Å²) in [6, 6.07) is 0. The summed E-state index contributed by atoms with van der Waals surface area (Å²) in [5.41, 5.74) is -2.88. The molecule has 2 N–H and O–H groups in total. The lowest BCUT2D eigenvalue weighted by atomic mass is 10.2. The van der Waals surface area contributed by atoms with Crippen molar-refractivity contribution >= 4 is 22.7 Å². The Kier molecular flexibility index (Phi) is 4.77. The van der Waals surface area contributed by atoms with E-state index < -0.39 is 74.2 Å². The van der Waals surface area contributed by atoms with E-state index in [9.17, 15) is 45.2 Å². The molecule has 0 spiro atoms. The molecule has 2 rings (SSSR count). The highest BCUT2D eigenvalue weighted by atomic mass is 19.2. The Balaban J connectivity index is 2.70. The average Bonchev–Trinajstić information content (AvgIpc) is 2.58. The number of nitro benzene ring substituents is 1. The molecule has 0 aliphatic carbocycles. The zero-order chi connectivity index (χ0) is 19.9. The molecule has 0 aliphatic rings. The molecule has 138 valence electrons. The fraction of sp³-hybridized carbons (Fsp3) is 0. The van der Waals surface area contributed by atoms with Crippen molar-refractivity contribution in [1.29, 1.82) is 0 Å². The summed E-state index contributed by atoms with van der Waals surface area (Å²) >= 11 is 0. The van der Waals surface area contributed by atoms with Crippen molar-refractivity contribution in [2.75, 3.05) is 5.73 Å². The van der Waals surface area contributed by atoms with Crippen LogP contribution in [0.1, 0.15) is 0 Å². The van der Waals surface area contributed by atoms with Gasteiger partial charge in [-0.3, -0.25) is 10.1 Å². The lowest BCUT2D eigenvalue weighted by molar-refractivity contribution is -0.390. The molecule has 0 radical (unpaired) electrons. The molecule has 26 heavy (non-hydrogen) atoms. The first-order chi connectivity index (χ1) is 12.0. The van der Waals surface area contributed by atoms with Gasteiger partial charge in [-0.15, -0.1) is 10.2 Å². The maximum atomic E-state index is 13.6. The van der Waals surface area contributed by atoms with Crippen molar-refractivity contribution < 1.29 is 40.0 Å². The Morgan fingerprint density at radius 1 is 0.654 bits per heavy atom. The molecule has 0 amide bonds. The molecule has 2 aromatic carbocycles. The minimum absolute atomic E-state index is 1.57. The highest BCUT2D eigenvalue weighted by Gasteiger charge is 2.33. The number of rotatable bonds is 3. The van der Waals surface area contributed by atoms with Crippen LogP contribution in [0, 0.1) is 56.7 Å². The molecule has 0 saturated heterocycles. The van der Waals surface area contributed by atoms with Crippen LogP contribution in [0.2, 0.25) is 0 Å². The minimum atomic E-state index is -2.49. The first-order valence-electron chi connectivity index (χ1n) is 6.04. The van der Waals surface area contributed by atoms with Gasteiger partial charge in [0.05, 0.1) is 4.92 Å². The van der Waals surface area contributed by atoms with E-state index in [1.165, 1.54) is 0 Å². The summed E-state index contributed by atoms with van der Waals surface area (Å²) < 4.78 is 107. The molecule has 2 aromatic rings. The van der Waals surface area contributed by atoms with Crippen molar-refractivity contribution in [2.45, 2.75) is 0 Å². The summed E-state index contributed by atoms with van der Waals surface area (Å²) in [5, 5.41) is 15.3. The van der Waals surface area contributed by atoms with Gasteiger partial charge in [0.25, 0.3) is 0 Å².